The molecule has 1 aromatic heterocycles. The molecule has 21 heavy (non-hydrogen) atoms. The Morgan fingerprint density at radius 1 is 1.33 bits per heavy atom. The van der Waals surface area contributed by atoms with Crippen LogP contribution in [0.15, 0.2) is 12.3 Å². The summed E-state index contributed by atoms with van der Waals surface area (Å²) in [6.45, 7) is 8.97. The summed E-state index contributed by atoms with van der Waals surface area (Å²) in [5, 5.41) is 14.7. The standard InChI is InChI=1S/C15H22ClN3O2/c1-14(2)6-11(7-15(3,4)9-14)18-13-12(19(20)21)5-10(16)8-17-13/h5,8,11H,6-7,9H2,1-4H3,(H,17,18). The summed E-state index contributed by atoms with van der Waals surface area (Å²) >= 11 is 5.80. The smallest absolute Gasteiger partial charge is 0.312 e. The molecule has 5 nitrogen and oxygen atoms in total. The quantitative estimate of drug-likeness (QED) is 0.651. The third-order valence-electron chi connectivity index (χ3n) is 3.93. The van der Waals surface area contributed by atoms with Gasteiger partial charge >= 0.3 is 5.69 Å². The Balaban J connectivity index is 2.24. The first kappa shape index (κ1) is 16.0. The van der Waals surface area contributed by atoms with E-state index in [2.05, 4.69) is 38.0 Å². The number of nitro groups is 1. The molecule has 1 saturated carbocycles. The van der Waals surface area contributed by atoms with Gasteiger partial charge < -0.3 is 5.32 Å². The van der Waals surface area contributed by atoms with E-state index in [9.17, 15) is 10.1 Å². The van der Waals surface area contributed by atoms with Crippen LogP contribution in [-0.2, 0) is 0 Å². The molecule has 1 aliphatic carbocycles. The molecule has 0 saturated heterocycles. The normalized spacial score (nSPS) is 21.0. The third kappa shape index (κ3) is 4.06. The molecule has 6 heteroatoms. The molecule has 2 rings (SSSR count). The van der Waals surface area contributed by atoms with Crippen LogP contribution in [0.5, 0.6) is 0 Å². The molecular weight excluding hydrogens is 290 g/mol. The van der Waals surface area contributed by atoms with E-state index >= 15 is 0 Å². The minimum atomic E-state index is -0.444. The summed E-state index contributed by atoms with van der Waals surface area (Å²) in [6, 6.07) is 1.52. The van der Waals surface area contributed by atoms with Gasteiger partial charge in [-0.25, -0.2) is 4.98 Å². The van der Waals surface area contributed by atoms with Crippen molar-refractivity contribution in [3.8, 4) is 0 Å². The van der Waals surface area contributed by atoms with Crippen LogP contribution in [0.25, 0.3) is 0 Å². The maximum Gasteiger partial charge on any atom is 0.312 e. The fourth-order valence-electron chi connectivity index (χ4n) is 3.82. The molecule has 0 spiro atoms. The predicted molar refractivity (Wildman–Crippen MR) is 84.7 cm³/mol. The summed E-state index contributed by atoms with van der Waals surface area (Å²) in [6.07, 6.45) is 4.53. The number of nitrogens with one attached hydrogen (secondary N) is 1. The molecule has 0 unspecified atom stereocenters. The molecule has 1 aromatic rings. The van der Waals surface area contributed by atoms with Gasteiger partial charge in [0, 0.05) is 18.3 Å². The van der Waals surface area contributed by atoms with Crippen molar-refractivity contribution in [2.24, 2.45) is 10.8 Å². The zero-order chi connectivity index (χ0) is 15.8. The lowest BCUT2D eigenvalue weighted by Gasteiger charge is -2.45. The molecule has 1 aliphatic rings. The number of aromatic nitrogens is 1. The van der Waals surface area contributed by atoms with Crippen LogP contribution in [0.1, 0.15) is 47.0 Å². The fraction of sp³-hybridized carbons (Fsp3) is 0.667. The molecule has 1 fully saturated rings. The van der Waals surface area contributed by atoms with Gasteiger partial charge in [-0.3, -0.25) is 10.1 Å². The fourth-order valence-corrected chi connectivity index (χ4v) is 3.97. The second-order valence-corrected chi connectivity index (χ2v) is 7.97. The molecule has 1 N–H and O–H groups in total. The number of halogens is 1. The van der Waals surface area contributed by atoms with Crippen LogP contribution >= 0.6 is 11.6 Å². The highest BCUT2D eigenvalue weighted by atomic mass is 35.5. The van der Waals surface area contributed by atoms with Gasteiger partial charge in [-0.2, -0.15) is 0 Å². The zero-order valence-corrected chi connectivity index (χ0v) is 13.7. The molecule has 0 aromatic carbocycles. The maximum atomic E-state index is 11.1. The first-order chi connectivity index (χ1) is 9.58. The van der Waals surface area contributed by atoms with Gasteiger partial charge in [-0.05, 0) is 30.1 Å². The molecule has 0 radical (unpaired) electrons. The van der Waals surface area contributed by atoms with Gasteiger partial charge in [0.15, 0.2) is 0 Å². The molecule has 0 amide bonds. The highest BCUT2D eigenvalue weighted by Crippen LogP contribution is 2.46. The van der Waals surface area contributed by atoms with Crippen molar-refractivity contribution >= 4 is 23.1 Å². The largest absolute Gasteiger partial charge is 0.362 e. The number of nitrogens with zero attached hydrogens (tertiary/aromatic N) is 2. The van der Waals surface area contributed by atoms with Crippen molar-refractivity contribution < 1.29 is 4.92 Å². The topological polar surface area (TPSA) is 68.1 Å². The van der Waals surface area contributed by atoms with Crippen LogP contribution in [0.4, 0.5) is 11.5 Å². The molecule has 0 atom stereocenters. The van der Waals surface area contributed by atoms with Gasteiger partial charge in [0.25, 0.3) is 0 Å². The van der Waals surface area contributed by atoms with Crippen LogP contribution in [0.3, 0.4) is 0 Å². The summed E-state index contributed by atoms with van der Waals surface area (Å²) < 4.78 is 0. The average molecular weight is 312 g/mol. The Bertz CT molecular complexity index is 542. The van der Waals surface area contributed by atoms with Crippen molar-refractivity contribution in [3.63, 3.8) is 0 Å². The van der Waals surface area contributed by atoms with Gasteiger partial charge in [0.2, 0.25) is 5.82 Å². The van der Waals surface area contributed by atoms with Crippen molar-refractivity contribution in [2.75, 3.05) is 5.32 Å². The molecule has 116 valence electrons. The van der Waals surface area contributed by atoms with Crippen molar-refractivity contribution in [1.29, 1.82) is 0 Å². The van der Waals surface area contributed by atoms with Gasteiger partial charge in [0.05, 0.1) is 9.95 Å². The Labute approximate surface area is 130 Å². The minimum absolute atomic E-state index is 0.0660. The van der Waals surface area contributed by atoms with E-state index in [1.807, 2.05) is 0 Å². The van der Waals surface area contributed by atoms with E-state index in [1.54, 1.807) is 0 Å². The van der Waals surface area contributed by atoms with E-state index in [-0.39, 0.29) is 27.6 Å². The summed E-state index contributed by atoms with van der Waals surface area (Å²) in [5.41, 5.74) is 0.352. The van der Waals surface area contributed by atoms with Crippen LogP contribution in [-0.4, -0.2) is 15.9 Å². The van der Waals surface area contributed by atoms with E-state index in [0.29, 0.717) is 5.82 Å². The molecule has 1 heterocycles. The van der Waals surface area contributed by atoms with Gasteiger partial charge in [0.1, 0.15) is 0 Å². The third-order valence-corrected chi connectivity index (χ3v) is 4.13. The predicted octanol–water partition coefficient (Wildman–Crippen LogP) is 4.66. The highest BCUT2D eigenvalue weighted by Gasteiger charge is 2.39. The Hall–Kier alpha value is -1.36. The number of rotatable bonds is 3. The molecule has 0 bridgehead atoms. The lowest BCUT2D eigenvalue weighted by atomic mass is 9.63. The first-order valence-electron chi connectivity index (χ1n) is 7.14. The lowest BCUT2D eigenvalue weighted by Crippen LogP contribution is -2.40. The monoisotopic (exact) mass is 311 g/mol. The summed E-state index contributed by atoms with van der Waals surface area (Å²) in [4.78, 5) is 14.8. The van der Waals surface area contributed by atoms with Crippen molar-refractivity contribution in [1.82, 2.24) is 4.98 Å². The average Bonchev–Trinajstić information content (AvgIpc) is 2.27. The number of hydrogen-bond donors (Lipinski definition) is 1. The Kier molecular flexibility index (Phi) is 4.15. The molecule has 0 aliphatic heterocycles. The second kappa shape index (κ2) is 5.44. The van der Waals surface area contributed by atoms with Gasteiger partial charge in [-0.1, -0.05) is 39.3 Å². The van der Waals surface area contributed by atoms with Crippen molar-refractivity contribution in [3.05, 3.63) is 27.4 Å². The van der Waals surface area contributed by atoms with E-state index in [1.165, 1.54) is 12.3 Å². The van der Waals surface area contributed by atoms with Gasteiger partial charge in [-0.15, -0.1) is 0 Å². The Morgan fingerprint density at radius 3 is 2.43 bits per heavy atom. The Morgan fingerprint density at radius 2 is 1.90 bits per heavy atom. The van der Waals surface area contributed by atoms with E-state index < -0.39 is 4.92 Å². The summed E-state index contributed by atoms with van der Waals surface area (Å²) in [5.74, 6) is 0.308. The summed E-state index contributed by atoms with van der Waals surface area (Å²) in [7, 11) is 0. The van der Waals surface area contributed by atoms with E-state index in [0.717, 1.165) is 19.3 Å². The van der Waals surface area contributed by atoms with Crippen LogP contribution in [0, 0.1) is 20.9 Å². The SMILES string of the molecule is CC1(C)CC(Nc2ncc(Cl)cc2[N+](=O)[O-])CC(C)(C)C1. The van der Waals surface area contributed by atoms with E-state index in [4.69, 9.17) is 11.6 Å². The highest BCUT2D eigenvalue weighted by molar-refractivity contribution is 6.30. The maximum absolute atomic E-state index is 11.1. The van der Waals surface area contributed by atoms with Crippen LogP contribution < -0.4 is 5.32 Å². The molecular formula is C15H22ClN3O2. The van der Waals surface area contributed by atoms with Crippen molar-refractivity contribution in [2.45, 2.75) is 53.0 Å². The number of hydrogen-bond acceptors (Lipinski definition) is 4. The second-order valence-electron chi connectivity index (χ2n) is 7.53. The van der Waals surface area contributed by atoms with Crippen LogP contribution in [0.2, 0.25) is 5.02 Å². The lowest BCUT2D eigenvalue weighted by molar-refractivity contribution is -0.384. The minimum Gasteiger partial charge on any atom is -0.362 e. The first-order valence-corrected chi connectivity index (χ1v) is 7.52. The number of pyridine rings is 1. The zero-order valence-electron chi connectivity index (χ0n) is 12.9. The number of anilines is 1.